The van der Waals surface area contributed by atoms with Gasteiger partial charge >= 0.3 is 5.69 Å². The van der Waals surface area contributed by atoms with Crippen molar-refractivity contribution in [2.75, 3.05) is 0 Å². The Morgan fingerprint density at radius 1 is 1.12 bits per heavy atom. The lowest BCUT2D eigenvalue weighted by Gasteiger charge is -2.12. The minimum absolute atomic E-state index is 0.0282. The van der Waals surface area contributed by atoms with Gasteiger partial charge in [-0.05, 0) is 30.7 Å². The summed E-state index contributed by atoms with van der Waals surface area (Å²) < 4.78 is 5.31. The van der Waals surface area contributed by atoms with Gasteiger partial charge in [-0.25, -0.2) is 5.43 Å². The molecule has 26 heavy (non-hydrogen) atoms. The van der Waals surface area contributed by atoms with Crippen molar-refractivity contribution in [1.29, 1.82) is 0 Å². The molecule has 0 heterocycles. The standard InChI is InChI=1S/C16H14N4O6/c1-11(26-15-5-3-2-4-14(15)20(24)25)16(21)18-17-10-12-6-8-13(9-7-12)19(22)23/h2-11H,1H3,(H,18,21)/t11-/m0/s1. The van der Waals surface area contributed by atoms with E-state index in [9.17, 15) is 25.0 Å². The van der Waals surface area contributed by atoms with Crippen molar-refractivity contribution in [3.63, 3.8) is 0 Å². The number of ether oxygens (including phenoxy) is 1. The number of para-hydroxylation sites is 2. The van der Waals surface area contributed by atoms with E-state index in [1.807, 2.05) is 0 Å². The van der Waals surface area contributed by atoms with E-state index in [0.29, 0.717) is 5.56 Å². The summed E-state index contributed by atoms with van der Waals surface area (Å²) in [6.45, 7) is 1.42. The van der Waals surface area contributed by atoms with Gasteiger partial charge < -0.3 is 4.74 Å². The zero-order valence-corrected chi connectivity index (χ0v) is 13.6. The zero-order valence-electron chi connectivity index (χ0n) is 13.6. The van der Waals surface area contributed by atoms with E-state index in [2.05, 4.69) is 10.5 Å². The van der Waals surface area contributed by atoms with Gasteiger partial charge in [0, 0.05) is 18.2 Å². The van der Waals surface area contributed by atoms with Crippen molar-refractivity contribution >= 4 is 23.5 Å². The second-order valence-electron chi connectivity index (χ2n) is 5.07. The van der Waals surface area contributed by atoms with E-state index in [1.54, 1.807) is 6.07 Å². The number of nitrogens with one attached hydrogen (secondary N) is 1. The molecule has 0 unspecified atom stereocenters. The van der Waals surface area contributed by atoms with Crippen LogP contribution in [0, 0.1) is 20.2 Å². The second-order valence-corrected chi connectivity index (χ2v) is 5.07. The molecule has 10 nitrogen and oxygen atoms in total. The van der Waals surface area contributed by atoms with Crippen LogP contribution in [0.5, 0.6) is 5.75 Å². The molecule has 0 bridgehead atoms. The van der Waals surface area contributed by atoms with E-state index >= 15 is 0 Å². The van der Waals surface area contributed by atoms with Gasteiger partial charge in [0.25, 0.3) is 11.6 Å². The Morgan fingerprint density at radius 2 is 1.77 bits per heavy atom. The molecule has 1 N–H and O–H groups in total. The summed E-state index contributed by atoms with van der Waals surface area (Å²) in [6, 6.07) is 11.3. The van der Waals surface area contributed by atoms with Gasteiger partial charge in [-0.1, -0.05) is 12.1 Å². The molecule has 1 amide bonds. The van der Waals surface area contributed by atoms with Crippen LogP contribution in [0.3, 0.4) is 0 Å². The molecule has 134 valence electrons. The fourth-order valence-electron chi connectivity index (χ4n) is 1.90. The number of carbonyl (C=O) groups is 1. The normalized spacial score (nSPS) is 11.7. The predicted molar refractivity (Wildman–Crippen MR) is 92.0 cm³/mol. The lowest BCUT2D eigenvalue weighted by molar-refractivity contribution is -0.386. The first-order chi connectivity index (χ1) is 12.4. The molecular formula is C16H14N4O6. The average Bonchev–Trinajstić information content (AvgIpc) is 2.62. The highest BCUT2D eigenvalue weighted by atomic mass is 16.6. The maximum absolute atomic E-state index is 12.0. The average molecular weight is 358 g/mol. The number of benzene rings is 2. The van der Waals surface area contributed by atoms with Gasteiger partial charge in [-0.15, -0.1) is 0 Å². The summed E-state index contributed by atoms with van der Waals surface area (Å²) in [5.74, 6) is -0.638. The lowest BCUT2D eigenvalue weighted by atomic mass is 10.2. The third-order valence-corrected chi connectivity index (χ3v) is 3.23. The zero-order chi connectivity index (χ0) is 19.1. The number of carbonyl (C=O) groups excluding carboxylic acids is 1. The second kappa shape index (κ2) is 8.33. The summed E-state index contributed by atoms with van der Waals surface area (Å²) in [5, 5.41) is 25.2. The van der Waals surface area contributed by atoms with E-state index in [0.717, 1.165) is 0 Å². The largest absolute Gasteiger partial charge is 0.474 e. The number of nitrogens with zero attached hydrogens (tertiary/aromatic N) is 3. The smallest absolute Gasteiger partial charge is 0.310 e. The molecule has 2 rings (SSSR count). The van der Waals surface area contributed by atoms with Gasteiger partial charge in [0.15, 0.2) is 11.9 Å². The highest BCUT2D eigenvalue weighted by molar-refractivity contribution is 5.84. The van der Waals surface area contributed by atoms with Crippen molar-refractivity contribution in [2.24, 2.45) is 5.10 Å². The Hall–Kier alpha value is -3.82. The predicted octanol–water partition coefficient (Wildman–Crippen LogP) is 2.42. The van der Waals surface area contributed by atoms with Crippen LogP contribution < -0.4 is 10.2 Å². The Balaban J connectivity index is 1.95. The molecule has 0 aromatic heterocycles. The highest BCUT2D eigenvalue weighted by Crippen LogP contribution is 2.26. The molecule has 0 radical (unpaired) electrons. The van der Waals surface area contributed by atoms with Crippen LogP contribution in [-0.4, -0.2) is 28.1 Å². The summed E-state index contributed by atoms with van der Waals surface area (Å²) in [4.78, 5) is 32.3. The van der Waals surface area contributed by atoms with Crippen molar-refractivity contribution in [3.8, 4) is 5.75 Å². The third-order valence-electron chi connectivity index (χ3n) is 3.23. The molecule has 1 atom stereocenters. The minimum atomic E-state index is -1.02. The van der Waals surface area contributed by atoms with Crippen molar-refractivity contribution in [1.82, 2.24) is 5.43 Å². The van der Waals surface area contributed by atoms with Crippen LogP contribution in [0.1, 0.15) is 12.5 Å². The number of nitro benzene ring substituents is 2. The molecule has 2 aromatic rings. The Kier molecular flexibility index (Phi) is 5.93. The fourth-order valence-corrected chi connectivity index (χ4v) is 1.90. The molecular weight excluding hydrogens is 344 g/mol. The van der Waals surface area contributed by atoms with E-state index in [4.69, 9.17) is 4.74 Å². The molecule has 0 aliphatic carbocycles. The molecule has 10 heteroatoms. The monoisotopic (exact) mass is 358 g/mol. The van der Waals surface area contributed by atoms with Crippen LogP contribution in [0.15, 0.2) is 53.6 Å². The molecule has 2 aromatic carbocycles. The quantitative estimate of drug-likeness (QED) is 0.458. The summed E-state index contributed by atoms with van der Waals surface area (Å²) in [5.41, 5.74) is 2.48. The van der Waals surface area contributed by atoms with Gasteiger partial charge in [-0.2, -0.15) is 5.10 Å². The number of hydrogen-bond donors (Lipinski definition) is 1. The third kappa shape index (κ3) is 4.84. The maximum atomic E-state index is 12.0. The number of non-ortho nitro benzene ring substituents is 1. The van der Waals surface area contributed by atoms with E-state index < -0.39 is 21.9 Å². The molecule has 0 saturated heterocycles. The van der Waals surface area contributed by atoms with Gasteiger partial charge in [0.2, 0.25) is 0 Å². The summed E-state index contributed by atoms with van der Waals surface area (Å²) in [6.07, 6.45) is 0.282. The number of rotatable bonds is 7. The van der Waals surface area contributed by atoms with Gasteiger partial charge in [0.1, 0.15) is 0 Å². The Morgan fingerprint density at radius 3 is 2.38 bits per heavy atom. The molecule has 0 saturated carbocycles. The van der Waals surface area contributed by atoms with Crippen LogP contribution in [-0.2, 0) is 4.79 Å². The summed E-state index contributed by atoms with van der Waals surface area (Å²) in [7, 11) is 0. The van der Waals surface area contributed by atoms with Crippen LogP contribution in [0.25, 0.3) is 0 Å². The van der Waals surface area contributed by atoms with Gasteiger partial charge in [-0.3, -0.25) is 25.0 Å². The maximum Gasteiger partial charge on any atom is 0.310 e. The topological polar surface area (TPSA) is 137 Å². The van der Waals surface area contributed by atoms with Crippen LogP contribution in [0.4, 0.5) is 11.4 Å². The number of amides is 1. The van der Waals surface area contributed by atoms with Crippen LogP contribution in [0.2, 0.25) is 0 Å². The highest BCUT2D eigenvalue weighted by Gasteiger charge is 2.20. The number of hydrazone groups is 1. The van der Waals surface area contributed by atoms with E-state index in [1.165, 1.54) is 55.6 Å². The molecule has 0 fully saturated rings. The lowest BCUT2D eigenvalue weighted by Crippen LogP contribution is -2.33. The number of hydrogen-bond acceptors (Lipinski definition) is 7. The Bertz CT molecular complexity index is 850. The van der Waals surface area contributed by atoms with Gasteiger partial charge in [0.05, 0.1) is 16.1 Å². The molecule has 0 aliphatic heterocycles. The number of nitro groups is 2. The summed E-state index contributed by atoms with van der Waals surface area (Å²) >= 11 is 0. The Labute approximate surface area is 147 Å². The SMILES string of the molecule is C[C@H](Oc1ccccc1[N+](=O)[O-])C(=O)NN=Cc1ccc([N+](=O)[O-])cc1. The minimum Gasteiger partial charge on any atom is -0.474 e. The van der Waals surface area contributed by atoms with Crippen molar-refractivity contribution in [2.45, 2.75) is 13.0 Å². The fraction of sp³-hybridized carbons (Fsp3) is 0.125. The van der Waals surface area contributed by atoms with Crippen molar-refractivity contribution < 1.29 is 19.4 Å². The first-order valence-electron chi connectivity index (χ1n) is 7.36. The van der Waals surface area contributed by atoms with Crippen LogP contribution >= 0.6 is 0 Å². The first kappa shape index (κ1) is 18.5. The molecule has 0 spiro atoms. The first-order valence-corrected chi connectivity index (χ1v) is 7.36. The molecule has 0 aliphatic rings. The van der Waals surface area contributed by atoms with E-state index in [-0.39, 0.29) is 17.1 Å². The van der Waals surface area contributed by atoms with Crippen molar-refractivity contribution in [3.05, 3.63) is 74.3 Å².